The molecule has 8 heteroatoms. The predicted octanol–water partition coefficient (Wildman–Crippen LogP) is 3.09. The number of ether oxygens (including phenoxy) is 1. The van der Waals surface area contributed by atoms with Crippen LogP contribution in [0.1, 0.15) is 16.6 Å². The van der Waals surface area contributed by atoms with Gasteiger partial charge in [-0.3, -0.25) is 14.6 Å². The molecule has 0 aliphatic rings. The van der Waals surface area contributed by atoms with E-state index >= 15 is 0 Å². The molecule has 0 aliphatic carbocycles. The first-order valence-electron chi connectivity index (χ1n) is 7.81. The van der Waals surface area contributed by atoms with Gasteiger partial charge < -0.3 is 15.4 Å². The van der Waals surface area contributed by atoms with Crippen LogP contribution in [-0.2, 0) is 4.79 Å². The molecule has 2 aromatic heterocycles. The van der Waals surface area contributed by atoms with Gasteiger partial charge in [0, 0.05) is 24.1 Å². The first-order valence-corrected chi connectivity index (χ1v) is 8.69. The normalized spacial score (nSPS) is 11.4. The van der Waals surface area contributed by atoms with E-state index in [4.69, 9.17) is 4.74 Å². The van der Waals surface area contributed by atoms with Crippen LogP contribution in [0.15, 0.2) is 60.4 Å². The van der Waals surface area contributed by atoms with Crippen LogP contribution in [0.25, 0.3) is 0 Å². The lowest BCUT2D eigenvalue weighted by molar-refractivity contribution is -0.117. The number of carbonyl (C=O) groups excluding carboxylic acids is 2. The summed E-state index contributed by atoms with van der Waals surface area (Å²) in [6, 6.07) is 9.69. The van der Waals surface area contributed by atoms with E-state index in [0.717, 1.165) is 0 Å². The summed E-state index contributed by atoms with van der Waals surface area (Å²) >= 11 is 1.32. The Morgan fingerprint density at radius 1 is 1.19 bits per heavy atom. The minimum absolute atomic E-state index is 0.276. The van der Waals surface area contributed by atoms with Gasteiger partial charge in [-0.15, -0.1) is 11.3 Å². The fraction of sp³-hybridized carbons (Fsp3) is 0.111. The van der Waals surface area contributed by atoms with E-state index in [0.29, 0.717) is 22.2 Å². The Labute approximate surface area is 154 Å². The van der Waals surface area contributed by atoms with Gasteiger partial charge in [-0.1, -0.05) is 12.1 Å². The van der Waals surface area contributed by atoms with Crippen molar-refractivity contribution in [3.05, 3.63) is 65.2 Å². The van der Waals surface area contributed by atoms with Crippen LogP contribution < -0.4 is 15.4 Å². The quantitative estimate of drug-likeness (QED) is 0.697. The molecular weight excluding hydrogens is 352 g/mol. The smallest absolute Gasteiger partial charge is 0.261 e. The highest BCUT2D eigenvalue weighted by molar-refractivity contribution is 7.12. The molecule has 0 radical (unpaired) electrons. The van der Waals surface area contributed by atoms with Crippen molar-refractivity contribution >= 4 is 28.8 Å². The lowest BCUT2D eigenvalue weighted by atomic mass is 10.2. The molecule has 2 heterocycles. The number of nitrogens with zero attached hydrogens (tertiary/aromatic N) is 2. The standard InChI is InChI=1S/C18H16N4O3S/c1-12(21-18(24)15-6-3-9-26-15)17(23)22-13-4-2-5-14(10-13)25-16-11-19-7-8-20-16/h2-12H,1H3,(H,21,24)(H,22,23). The fourth-order valence-corrected chi connectivity index (χ4v) is 2.71. The van der Waals surface area contributed by atoms with Gasteiger partial charge in [0.15, 0.2) is 0 Å². The Bertz CT molecular complexity index is 884. The number of hydrogen-bond acceptors (Lipinski definition) is 6. The Kier molecular flexibility index (Phi) is 5.55. The molecule has 1 unspecified atom stereocenters. The van der Waals surface area contributed by atoms with Crippen molar-refractivity contribution < 1.29 is 14.3 Å². The second-order valence-corrected chi connectivity index (χ2v) is 6.28. The fourth-order valence-electron chi connectivity index (χ4n) is 2.09. The van der Waals surface area contributed by atoms with E-state index in [2.05, 4.69) is 20.6 Å². The maximum absolute atomic E-state index is 12.3. The van der Waals surface area contributed by atoms with Crippen molar-refractivity contribution in [3.63, 3.8) is 0 Å². The molecule has 0 saturated carbocycles. The van der Waals surface area contributed by atoms with Gasteiger partial charge in [0.25, 0.3) is 5.91 Å². The molecule has 0 fully saturated rings. The van der Waals surface area contributed by atoms with Gasteiger partial charge in [0.2, 0.25) is 11.8 Å². The minimum atomic E-state index is -0.686. The highest BCUT2D eigenvalue weighted by Gasteiger charge is 2.17. The number of aromatic nitrogens is 2. The lowest BCUT2D eigenvalue weighted by Gasteiger charge is -2.14. The molecule has 0 saturated heterocycles. The van der Waals surface area contributed by atoms with Gasteiger partial charge in [-0.2, -0.15) is 0 Å². The topological polar surface area (TPSA) is 93.2 Å². The van der Waals surface area contributed by atoms with E-state index in [1.54, 1.807) is 49.5 Å². The van der Waals surface area contributed by atoms with Crippen molar-refractivity contribution in [3.8, 4) is 11.6 Å². The summed E-state index contributed by atoms with van der Waals surface area (Å²) in [5.74, 6) is 0.264. The van der Waals surface area contributed by atoms with Crippen LogP contribution in [0.4, 0.5) is 5.69 Å². The second kappa shape index (κ2) is 8.21. The second-order valence-electron chi connectivity index (χ2n) is 5.34. The average molecular weight is 368 g/mol. The van der Waals surface area contributed by atoms with Crippen molar-refractivity contribution in [1.82, 2.24) is 15.3 Å². The molecule has 2 amide bonds. The third-order valence-electron chi connectivity index (χ3n) is 3.35. The van der Waals surface area contributed by atoms with E-state index in [1.165, 1.54) is 23.7 Å². The summed E-state index contributed by atoms with van der Waals surface area (Å²) in [5.41, 5.74) is 0.550. The van der Waals surface area contributed by atoms with Crippen molar-refractivity contribution in [2.45, 2.75) is 13.0 Å². The molecule has 0 spiro atoms. The molecule has 7 nitrogen and oxygen atoms in total. The number of carbonyl (C=O) groups is 2. The number of anilines is 1. The van der Waals surface area contributed by atoms with Gasteiger partial charge in [-0.25, -0.2) is 4.98 Å². The lowest BCUT2D eigenvalue weighted by Crippen LogP contribution is -2.41. The van der Waals surface area contributed by atoms with Gasteiger partial charge in [-0.05, 0) is 30.5 Å². The third-order valence-corrected chi connectivity index (χ3v) is 4.22. The summed E-state index contributed by atoms with van der Waals surface area (Å²) in [7, 11) is 0. The Morgan fingerprint density at radius 2 is 2.08 bits per heavy atom. The van der Waals surface area contributed by atoms with Crippen LogP contribution in [0.2, 0.25) is 0 Å². The van der Waals surface area contributed by atoms with Gasteiger partial charge >= 0.3 is 0 Å². The highest BCUT2D eigenvalue weighted by atomic mass is 32.1. The maximum Gasteiger partial charge on any atom is 0.261 e. The Hall–Kier alpha value is -3.26. The van der Waals surface area contributed by atoms with Gasteiger partial charge in [0.1, 0.15) is 11.8 Å². The number of amides is 2. The van der Waals surface area contributed by atoms with E-state index in [1.807, 2.05) is 5.38 Å². The highest BCUT2D eigenvalue weighted by Crippen LogP contribution is 2.22. The summed E-state index contributed by atoms with van der Waals surface area (Å²) in [6.07, 6.45) is 4.57. The molecule has 1 atom stereocenters. The molecule has 1 aromatic carbocycles. The minimum Gasteiger partial charge on any atom is -0.437 e. The summed E-state index contributed by atoms with van der Waals surface area (Å²) in [5, 5.41) is 7.23. The van der Waals surface area contributed by atoms with Crippen molar-refractivity contribution in [2.24, 2.45) is 0 Å². The third kappa shape index (κ3) is 4.64. The molecule has 3 aromatic rings. The average Bonchev–Trinajstić information content (AvgIpc) is 3.17. The molecule has 2 N–H and O–H groups in total. The summed E-state index contributed by atoms with van der Waals surface area (Å²) in [4.78, 5) is 32.8. The number of hydrogen-bond donors (Lipinski definition) is 2. The number of thiophene rings is 1. The van der Waals surface area contributed by atoms with Crippen molar-refractivity contribution in [2.75, 3.05) is 5.32 Å². The monoisotopic (exact) mass is 368 g/mol. The molecule has 132 valence electrons. The maximum atomic E-state index is 12.3. The van der Waals surface area contributed by atoms with E-state index in [-0.39, 0.29) is 11.8 Å². The zero-order valence-corrected chi connectivity index (χ0v) is 14.7. The Morgan fingerprint density at radius 3 is 2.81 bits per heavy atom. The summed E-state index contributed by atoms with van der Waals surface area (Å²) in [6.45, 7) is 1.63. The molecule has 0 bridgehead atoms. The first-order chi connectivity index (χ1) is 12.6. The summed E-state index contributed by atoms with van der Waals surface area (Å²) < 4.78 is 5.58. The molecule has 3 rings (SSSR count). The van der Waals surface area contributed by atoms with Crippen LogP contribution in [0.5, 0.6) is 11.6 Å². The molecule has 0 aliphatic heterocycles. The molecule has 26 heavy (non-hydrogen) atoms. The van der Waals surface area contributed by atoms with Crippen LogP contribution in [0, 0.1) is 0 Å². The zero-order chi connectivity index (χ0) is 18.4. The predicted molar refractivity (Wildman–Crippen MR) is 98.4 cm³/mol. The van der Waals surface area contributed by atoms with E-state index < -0.39 is 6.04 Å². The van der Waals surface area contributed by atoms with E-state index in [9.17, 15) is 9.59 Å². The largest absolute Gasteiger partial charge is 0.437 e. The first kappa shape index (κ1) is 17.6. The van der Waals surface area contributed by atoms with Crippen LogP contribution in [-0.4, -0.2) is 27.8 Å². The SMILES string of the molecule is CC(NC(=O)c1cccs1)C(=O)Nc1cccc(Oc2cnccn2)c1. The number of rotatable bonds is 6. The van der Waals surface area contributed by atoms with Gasteiger partial charge in [0.05, 0.1) is 11.1 Å². The Balaban J connectivity index is 1.60. The number of benzene rings is 1. The number of nitrogens with one attached hydrogen (secondary N) is 2. The molecular formula is C18H16N4O3S. The van der Waals surface area contributed by atoms with Crippen LogP contribution >= 0.6 is 11.3 Å². The van der Waals surface area contributed by atoms with Crippen LogP contribution in [0.3, 0.4) is 0 Å². The zero-order valence-electron chi connectivity index (χ0n) is 13.9. The van der Waals surface area contributed by atoms with Crippen molar-refractivity contribution in [1.29, 1.82) is 0 Å².